The number of fused-ring (bicyclic) bond motifs is 2. The van der Waals surface area contributed by atoms with Gasteiger partial charge in [0.2, 0.25) is 5.91 Å². The molecule has 4 unspecified atom stereocenters. The summed E-state index contributed by atoms with van der Waals surface area (Å²) in [6, 6.07) is 0.479. The third kappa shape index (κ3) is 2.51. The largest absolute Gasteiger partial charge is 0.374 e. The minimum atomic E-state index is 0. The predicted octanol–water partition coefficient (Wildman–Crippen LogP) is 1.19. The van der Waals surface area contributed by atoms with Crippen LogP contribution in [0.3, 0.4) is 0 Å². The molecule has 0 aromatic heterocycles. The van der Waals surface area contributed by atoms with Gasteiger partial charge in [0.25, 0.3) is 0 Å². The fraction of sp³-hybridized carbons (Fsp3) is 0.923. The highest BCUT2D eigenvalue weighted by atomic mass is 35.5. The summed E-state index contributed by atoms with van der Waals surface area (Å²) in [6.45, 7) is 1.81. The summed E-state index contributed by atoms with van der Waals surface area (Å²) < 4.78 is 5.79. The molecule has 0 radical (unpaired) electrons. The standard InChI is InChI=1S/C13H22N2O2.ClH/c1-14-9-3-2-6-15(8-9)13(16)11-7-10-4-5-12(11)17-10;/h9-12,14H,2-8H2,1H3;1H. The molecule has 104 valence electrons. The average Bonchev–Trinajstić information content (AvgIpc) is 3.00. The maximum absolute atomic E-state index is 12.5. The van der Waals surface area contributed by atoms with E-state index in [2.05, 4.69) is 10.2 Å². The number of nitrogens with one attached hydrogen (secondary N) is 1. The zero-order valence-corrected chi connectivity index (χ0v) is 11.7. The zero-order chi connectivity index (χ0) is 11.8. The van der Waals surface area contributed by atoms with E-state index < -0.39 is 0 Å². The van der Waals surface area contributed by atoms with Crippen molar-refractivity contribution in [1.29, 1.82) is 0 Å². The van der Waals surface area contributed by atoms with Crippen LogP contribution in [0, 0.1) is 5.92 Å². The van der Waals surface area contributed by atoms with E-state index >= 15 is 0 Å². The topological polar surface area (TPSA) is 41.6 Å². The van der Waals surface area contributed by atoms with Crippen molar-refractivity contribution in [3.63, 3.8) is 0 Å². The van der Waals surface area contributed by atoms with Crippen LogP contribution in [0.25, 0.3) is 0 Å². The van der Waals surface area contributed by atoms with Gasteiger partial charge in [0.15, 0.2) is 0 Å². The Morgan fingerprint density at radius 1 is 1.33 bits per heavy atom. The lowest BCUT2D eigenvalue weighted by atomic mass is 9.87. The van der Waals surface area contributed by atoms with Gasteiger partial charge in [-0.25, -0.2) is 0 Å². The number of rotatable bonds is 2. The molecule has 3 saturated heterocycles. The van der Waals surface area contributed by atoms with Crippen molar-refractivity contribution in [3.8, 4) is 0 Å². The van der Waals surface area contributed by atoms with Crippen molar-refractivity contribution in [2.24, 2.45) is 5.92 Å². The van der Waals surface area contributed by atoms with E-state index in [9.17, 15) is 4.79 Å². The Labute approximate surface area is 115 Å². The molecule has 4 atom stereocenters. The van der Waals surface area contributed by atoms with E-state index in [-0.39, 0.29) is 24.4 Å². The van der Waals surface area contributed by atoms with Gasteiger partial charge in [0.05, 0.1) is 18.1 Å². The fourth-order valence-corrected chi connectivity index (χ4v) is 3.55. The van der Waals surface area contributed by atoms with Crippen LogP contribution in [0.5, 0.6) is 0 Å². The third-order valence-electron chi connectivity index (χ3n) is 4.56. The molecule has 18 heavy (non-hydrogen) atoms. The average molecular weight is 275 g/mol. The highest BCUT2D eigenvalue weighted by Gasteiger charge is 2.46. The molecule has 3 aliphatic heterocycles. The summed E-state index contributed by atoms with van der Waals surface area (Å²) in [4.78, 5) is 14.5. The van der Waals surface area contributed by atoms with Crippen molar-refractivity contribution in [1.82, 2.24) is 10.2 Å². The second kappa shape index (κ2) is 5.76. The number of carbonyl (C=O) groups excluding carboxylic acids is 1. The maximum Gasteiger partial charge on any atom is 0.228 e. The summed E-state index contributed by atoms with van der Waals surface area (Å²) in [7, 11) is 1.99. The number of amides is 1. The first kappa shape index (κ1) is 14.1. The Hall–Kier alpha value is -0.320. The van der Waals surface area contributed by atoms with E-state index in [0.717, 1.165) is 38.8 Å². The molecule has 0 aliphatic carbocycles. The SMILES string of the molecule is CNC1CCCN(C(=O)C2CC3CCC2O3)C1.Cl. The van der Waals surface area contributed by atoms with Gasteiger partial charge in [-0.05, 0) is 39.2 Å². The summed E-state index contributed by atoms with van der Waals surface area (Å²) in [5.74, 6) is 0.501. The molecule has 3 rings (SSSR count). The molecular weight excluding hydrogens is 252 g/mol. The molecule has 3 aliphatic rings. The van der Waals surface area contributed by atoms with Gasteiger partial charge < -0.3 is 15.0 Å². The van der Waals surface area contributed by atoms with Crippen molar-refractivity contribution < 1.29 is 9.53 Å². The van der Waals surface area contributed by atoms with E-state index in [0.29, 0.717) is 18.1 Å². The number of nitrogens with zero attached hydrogens (tertiary/aromatic N) is 1. The van der Waals surface area contributed by atoms with Crippen LogP contribution in [0.2, 0.25) is 0 Å². The Morgan fingerprint density at radius 3 is 2.78 bits per heavy atom. The maximum atomic E-state index is 12.5. The first-order valence-electron chi connectivity index (χ1n) is 6.89. The molecular formula is C13H23ClN2O2. The van der Waals surface area contributed by atoms with E-state index in [1.54, 1.807) is 0 Å². The minimum Gasteiger partial charge on any atom is -0.374 e. The monoisotopic (exact) mass is 274 g/mol. The van der Waals surface area contributed by atoms with Crippen LogP contribution in [0.4, 0.5) is 0 Å². The molecule has 2 bridgehead atoms. The quantitative estimate of drug-likeness (QED) is 0.822. The normalized spacial score (nSPS) is 38.6. The number of likely N-dealkylation sites (tertiary alicyclic amines) is 1. The number of hydrogen-bond acceptors (Lipinski definition) is 3. The summed E-state index contributed by atoms with van der Waals surface area (Å²) >= 11 is 0. The first-order chi connectivity index (χ1) is 8.28. The molecule has 0 saturated carbocycles. The number of halogens is 1. The number of piperidine rings is 1. The van der Waals surface area contributed by atoms with Crippen LogP contribution in [0.1, 0.15) is 32.1 Å². The smallest absolute Gasteiger partial charge is 0.228 e. The number of hydrogen-bond donors (Lipinski definition) is 1. The number of ether oxygens (including phenoxy) is 1. The summed E-state index contributed by atoms with van der Waals surface area (Å²) in [5.41, 5.74) is 0. The lowest BCUT2D eigenvalue weighted by Crippen LogP contribution is -2.50. The van der Waals surface area contributed by atoms with Gasteiger partial charge in [-0.1, -0.05) is 0 Å². The Balaban J connectivity index is 0.00000120. The zero-order valence-electron chi connectivity index (χ0n) is 10.9. The molecule has 5 heteroatoms. The predicted molar refractivity (Wildman–Crippen MR) is 71.9 cm³/mol. The van der Waals surface area contributed by atoms with Crippen LogP contribution < -0.4 is 5.32 Å². The number of likely N-dealkylation sites (N-methyl/N-ethyl adjacent to an activating group) is 1. The van der Waals surface area contributed by atoms with E-state index in [4.69, 9.17) is 4.74 Å². The summed E-state index contributed by atoms with van der Waals surface area (Å²) in [5, 5.41) is 3.29. The van der Waals surface area contributed by atoms with Gasteiger partial charge in [0, 0.05) is 19.1 Å². The molecule has 1 N–H and O–H groups in total. The minimum absolute atomic E-state index is 0. The van der Waals surface area contributed by atoms with Crippen LogP contribution in [-0.2, 0) is 9.53 Å². The van der Waals surface area contributed by atoms with Gasteiger partial charge in [-0.3, -0.25) is 4.79 Å². The van der Waals surface area contributed by atoms with Crippen molar-refractivity contribution >= 4 is 18.3 Å². The van der Waals surface area contributed by atoms with Gasteiger partial charge >= 0.3 is 0 Å². The highest BCUT2D eigenvalue weighted by molar-refractivity contribution is 5.85. The van der Waals surface area contributed by atoms with Gasteiger partial charge in [0.1, 0.15) is 0 Å². The van der Waals surface area contributed by atoms with Crippen molar-refractivity contribution in [2.45, 2.75) is 50.4 Å². The number of carbonyl (C=O) groups is 1. The first-order valence-corrected chi connectivity index (χ1v) is 6.89. The third-order valence-corrected chi connectivity index (χ3v) is 4.56. The molecule has 3 heterocycles. The molecule has 1 amide bonds. The Morgan fingerprint density at radius 2 is 2.17 bits per heavy atom. The Bertz CT molecular complexity index is 313. The molecule has 3 fully saturated rings. The van der Waals surface area contributed by atoms with E-state index in [1.165, 1.54) is 6.42 Å². The second-order valence-corrected chi connectivity index (χ2v) is 5.63. The lowest BCUT2D eigenvalue weighted by Gasteiger charge is -2.35. The van der Waals surface area contributed by atoms with Crippen LogP contribution in [0.15, 0.2) is 0 Å². The lowest BCUT2D eigenvalue weighted by molar-refractivity contribution is -0.138. The van der Waals surface area contributed by atoms with Crippen molar-refractivity contribution in [3.05, 3.63) is 0 Å². The van der Waals surface area contributed by atoms with Crippen LogP contribution in [-0.4, -0.2) is 49.2 Å². The van der Waals surface area contributed by atoms with Gasteiger partial charge in [-0.15, -0.1) is 12.4 Å². The van der Waals surface area contributed by atoms with E-state index in [1.807, 2.05) is 7.05 Å². The molecule has 0 spiro atoms. The fourth-order valence-electron chi connectivity index (χ4n) is 3.55. The molecule has 4 nitrogen and oxygen atoms in total. The molecule has 0 aromatic rings. The summed E-state index contributed by atoms with van der Waals surface area (Å²) in [6.07, 6.45) is 6.12. The molecule has 0 aromatic carbocycles. The Kier molecular flexibility index (Phi) is 4.51. The highest BCUT2D eigenvalue weighted by Crippen LogP contribution is 2.39. The van der Waals surface area contributed by atoms with Crippen molar-refractivity contribution in [2.75, 3.05) is 20.1 Å². The second-order valence-electron chi connectivity index (χ2n) is 5.63. The van der Waals surface area contributed by atoms with Crippen LogP contribution >= 0.6 is 12.4 Å². The van der Waals surface area contributed by atoms with Gasteiger partial charge in [-0.2, -0.15) is 0 Å².